The molecule has 0 aliphatic heterocycles. The number of amides is 1. The zero-order valence-electron chi connectivity index (χ0n) is 12.0. The Labute approximate surface area is 115 Å². The van der Waals surface area contributed by atoms with Gasteiger partial charge < -0.3 is 16.0 Å². The lowest BCUT2D eigenvalue weighted by Crippen LogP contribution is -2.32. The van der Waals surface area contributed by atoms with E-state index in [2.05, 4.69) is 29.0 Å². The Kier molecular flexibility index (Phi) is 6.29. The van der Waals surface area contributed by atoms with Crippen molar-refractivity contribution in [1.29, 1.82) is 0 Å². The molecule has 106 valence electrons. The molecule has 5 heteroatoms. The van der Waals surface area contributed by atoms with Crippen LogP contribution in [0.1, 0.15) is 26.3 Å². The normalized spacial score (nSPS) is 12.0. The average Bonchev–Trinajstić information content (AvgIpc) is 2.46. The van der Waals surface area contributed by atoms with Gasteiger partial charge in [0.15, 0.2) is 0 Å². The predicted octanol–water partition coefficient (Wildman–Crippen LogP) is 1.14. The van der Waals surface area contributed by atoms with Crippen molar-refractivity contribution < 1.29 is 4.79 Å². The highest BCUT2D eigenvalue weighted by molar-refractivity contribution is 5.78. The van der Waals surface area contributed by atoms with Crippen LogP contribution in [-0.4, -0.2) is 30.5 Å². The van der Waals surface area contributed by atoms with Gasteiger partial charge in [0, 0.05) is 38.3 Å². The molecule has 0 bridgehead atoms. The van der Waals surface area contributed by atoms with Crippen LogP contribution in [0.25, 0.3) is 0 Å². The minimum absolute atomic E-state index is 0.0182. The third kappa shape index (κ3) is 4.52. The number of hydrogen-bond acceptors (Lipinski definition) is 4. The minimum atomic E-state index is -0.150. The van der Waals surface area contributed by atoms with Gasteiger partial charge in [0.2, 0.25) is 5.91 Å². The Morgan fingerprint density at radius 1 is 1.42 bits per heavy atom. The molecule has 1 rings (SSSR count). The van der Waals surface area contributed by atoms with Gasteiger partial charge in [0.1, 0.15) is 5.82 Å². The van der Waals surface area contributed by atoms with E-state index in [1.807, 2.05) is 19.1 Å². The number of hydrogen-bond donors (Lipinski definition) is 2. The number of pyridine rings is 1. The molecule has 0 aromatic carbocycles. The molecule has 0 radical (unpaired) electrons. The van der Waals surface area contributed by atoms with E-state index in [0.29, 0.717) is 13.1 Å². The molecular weight excluding hydrogens is 240 g/mol. The molecule has 19 heavy (non-hydrogen) atoms. The molecule has 0 aliphatic carbocycles. The number of nitrogens with two attached hydrogens (primary N) is 1. The molecule has 1 amide bonds. The summed E-state index contributed by atoms with van der Waals surface area (Å²) in [6.45, 7) is 8.76. The first kappa shape index (κ1) is 15.4. The lowest BCUT2D eigenvalue weighted by atomic mass is 10.1. The summed E-state index contributed by atoms with van der Waals surface area (Å²) >= 11 is 0. The molecule has 0 aliphatic rings. The van der Waals surface area contributed by atoms with Crippen molar-refractivity contribution in [2.75, 3.05) is 24.5 Å². The van der Waals surface area contributed by atoms with Crippen LogP contribution in [0.15, 0.2) is 18.3 Å². The van der Waals surface area contributed by atoms with Gasteiger partial charge in [0.25, 0.3) is 0 Å². The van der Waals surface area contributed by atoms with Crippen LogP contribution >= 0.6 is 0 Å². The summed E-state index contributed by atoms with van der Waals surface area (Å²) in [4.78, 5) is 18.2. The zero-order valence-corrected chi connectivity index (χ0v) is 12.0. The fraction of sp³-hybridized carbons (Fsp3) is 0.571. The van der Waals surface area contributed by atoms with Gasteiger partial charge in [-0.05, 0) is 25.5 Å². The minimum Gasteiger partial charge on any atom is -0.357 e. The third-order valence-corrected chi connectivity index (χ3v) is 3.16. The first-order valence-corrected chi connectivity index (χ1v) is 6.80. The zero-order chi connectivity index (χ0) is 14.3. The highest BCUT2D eigenvalue weighted by Crippen LogP contribution is 2.10. The van der Waals surface area contributed by atoms with Crippen molar-refractivity contribution >= 4 is 11.7 Å². The Morgan fingerprint density at radius 3 is 2.58 bits per heavy atom. The van der Waals surface area contributed by atoms with E-state index in [1.54, 1.807) is 6.20 Å². The van der Waals surface area contributed by atoms with Crippen LogP contribution in [0.4, 0.5) is 5.82 Å². The molecule has 1 heterocycles. The smallest absolute Gasteiger partial charge is 0.224 e. The van der Waals surface area contributed by atoms with E-state index in [9.17, 15) is 4.79 Å². The molecule has 1 atom stereocenters. The SMILES string of the molecule is CCN(CC)c1ccc(CNC(=O)C(C)CN)cn1. The first-order chi connectivity index (χ1) is 9.12. The van der Waals surface area contributed by atoms with E-state index in [0.717, 1.165) is 24.5 Å². The highest BCUT2D eigenvalue weighted by atomic mass is 16.1. The van der Waals surface area contributed by atoms with Crippen molar-refractivity contribution in [2.45, 2.75) is 27.3 Å². The summed E-state index contributed by atoms with van der Waals surface area (Å²) in [7, 11) is 0. The van der Waals surface area contributed by atoms with Crippen LogP contribution in [0.5, 0.6) is 0 Å². The first-order valence-electron chi connectivity index (χ1n) is 6.80. The largest absolute Gasteiger partial charge is 0.357 e. The van der Waals surface area contributed by atoms with Gasteiger partial charge in [-0.1, -0.05) is 13.0 Å². The topological polar surface area (TPSA) is 71.2 Å². The summed E-state index contributed by atoms with van der Waals surface area (Å²) < 4.78 is 0. The molecule has 0 spiro atoms. The summed E-state index contributed by atoms with van der Waals surface area (Å²) in [5, 5.41) is 2.85. The summed E-state index contributed by atoms with van der Waals surface area (Å²) in [6, 6.07) is 3.98. The molecule has 5 nitrogen and oxygen atoms in total. The van der Waals surface area contributed by atoms with Gasteiger partial charge in [0.05, 0.1) is 0 Å². The van der Waals surface area contributed by atoms with Gasteiger partial charge in [-0.3, -0.25) is 4.79 Å². The Hall–Kier alpha value is -1.62. The van der Waals surface area contributed by atoms with Crippen LogP contribution in [0.3, 0.4) is 0 Å². The molecule has 0 fully saturated rings. The number of carbonyl (C=O) groups excluding carboxylic acids is 1. The molecular formula is C14H24N4O. The monoisotopic (exact) mass is 264 g/mol. The lowest BCUT2D eigenvalue weighted by molar-refractivity contribution is -0.124. The maximum Gasteiger partial charge on any atom is 0.224 e. The van der Waals surface area contributed by atoms with Gasteiger partial charge >= 0.3 is 0 Å². The third-order valence-electron chi connectivity index (χ3n) is 3.16. The standard InChI is InChI=1S/C14H24N4O/c1-4-18(5-2)13-7-6-12(9-16-13)10-17-14(19)11(3)8-15/h6-7,9,11H,4-5,8,10,15H2,1-3H3,(H,17,19). The Balaban J connectivity index is 2.55. The molecule has 0 saturated carbocycles. The number of nitrogens with one attached hydrogen (secondary N) is 1. The van der Waals surface area contributed by atoms with Gasteiger partial charge in [-0.25, -0.2) is 4.98 Å². The maximum absolute atomic E-state index is 11.6. The van der Waals surface area contributed by atoms with Crippen LogP contribution in [0.2, 0.25) is 0 Å². The van der Waals surface area contributed by atoms with Crippen LogP contribution < -0.4 is 16.0 Å². The fourth-order valence-electron chi connectivity index (χ4n) is 1.73. The second kappa shape index (κ2) is 7.74. The van der Waals surface area contributed by atoms with E-state index in [-0.39, 0.29) is 11.8 Å². The second-order valence-electron chi connectivity index (χ2n) is 4.55. The summed E-state index contributed by atoms with van der Waals surface area (Å²) in [5.41, 5.74) is 6.44. The number of nitrogens with zero attached hydrogens (tertiary/aromatic N) is 2. The van der Waals surface area contributed by atoms with Crippen LogP contribution in [-0.2, 0) is 11.3 Å². The number of carbonyl (C=O) groups is 1. The summed E-state index contributed by atoms with van der Waals surface area (Å²) in [5.74, 6) is 0.800. The van der Waals surface area contributed by atoms with E-state index >= 15 is 0 Å². The predicted molar refractivity (Wildman–Crippen MR) is 77.9 cm³/mol. The summed E-state index contributed by atoms with van der Waals surface area (Å²) in [6.07, 6.45) is 1.81. The van der Waals surface area contributed by atoms with Crippen molar-refractivity contribution in [3.8, 4) is 0 Å². The molecule has 0 saturated heterocycles. The molecule has 1 aromatic rings. The lowest BCUT2D eigenvalue weighted by Gasteiger charge is -2.19. The van der Waals surface area contributed by atoms with E-state index in [4.69, 9.17) is 5.73 Å². The van der Waals surface area contributed by atoms with Gasteiger partial charge in [-0.2, -0.15) is 0 Å². The van der Waals surface area contributed by atoms with Crippen molar-refractivity contribution in [2.24, 2.45) is 11.7 Å². The quantitative estimate of drug-likeness (QED) is 0.774. The fourth-order valence-corrected chi connectivity index (χ4v) is 1.73. The number of anilines is 1. The van der Waals surface area contributed by atoms with Crippen LogP contribution in [0, 0.1) is 5.92 Å². The van der Waals surface area contributed by atoms with E-state index < -0.39 is 0 Å². The van der Waals surface area contributed by atoms with Crippen molar-refractivity contribution in [1.82, 2.24) is 10.3 Å². The van der Waals surface area contributed by atoms with Gasteiger partial charge in [-0.15, -0.1) is 0 Å². The van der Waals surface area contributed by atoms with Crippen molar-refractivity contribution in [3.63, 3.8) is 0 Å². The second-order valence-corrected chi connectivity index (χ2v) is 4.55. The van der Waals surface area contributed by atoms with E-state index in [1.165, 1.54) is 0 Å². The average molecular weight is 264 g/mol. The maximum atomic E-state index is 11.6. The number of aromatic nitrogens is 1. The Bertz CT molecular complexity index is 387. The number of rotatable bonds is 7. The molecule has 1 unspecified atom stereocenters. The molecule has 1 aromatic heterocycles. The highest BCUT2D eigenvalue weighted by Gasteiger charge is 2.10. The van der Waals surface area contributed by atoms with Crippen molar-refractivity contribution in [3.05, 3.63) is 23.9 Å². The molecule has 3 N–H and O–H groups in total. The Morgan fingerprint density at radius 2 is 2.11 bits per heavy atom.